The lowest BCUT2D eigenvalue weighted by Gasteiger charge is -2.13. The fourth-order valence-electron chi connectivity index (χ4n) is 1.79. The van der Waals surface area contributed by atoms with E-state index in [1.807, 2.05) is 13.8 Å². The Balaban J connectivity index is 3.73. The van der Waals surface area contributed by atoms with Crippen LogP contribution in [-0.4, -0.2) is 76.1 Å². The van der Waals surface area contributed by atoms with Gasteiger partial charge in [0.05, 0.1) is 26.4 Å². The second-order valence-electron chi connectivity index (χ2n) is 6.37. The van der Waals surface area contributed by atoms with E-state index >= 15 is 0 Å². The fourth-order valence-corrected chi connectivity index (χ4v) is 1.79. The molecule has 0 aliphatic rings. The monoisotopic (exact) mass is 450 g/mol. The lowest BCUT2D eigenvalue weighted by atomic mass is 10.3. The number of hydrogen-bond acceptors (Lipinski definition) is 11. The summed E-state index contributed by atoms with van der Waals surface area (Å²) in [6.07, 6.45) is -0.982. The maximum Gasteiger partial charge on any atom is 0.509 e. The summed E-state index contributed by atoms with van der Waals surface area (Å²) >= 11 is 0. The van der Waals surface area contributed by atoms with Gasteiger partial charge in [0.1, 0.15) is 13.2 Å². The van der Waals surface area contributed by atoms with Crippen LogP contribution in [0.25, 0.3) is 0 Å². The van der Waals surface area contributed by atoms with Crippen LogP contribution in [0.1, 0.15) is 53.4 Å². The third-order valence-corrected chi connectivity index (χ3v) is 3.59. The first-order chi connectivity index (χ1) is 14.8. The number of rotatable bonds is 16. The Hall–Kier alpha value is -2.56. The van der Waals surface area contributed by atoms with Crippen LogP contribution in [0.2, 0.25) is 0 Å². The molecule has 0 saturated carbocycles. The Bertz CT molecular complexity index is 489. The summed E-state index contributed by atoms with van der Waals surface area (Å²) in [5.41, 5.74) is 0. The molecule has 0 bridgehead atoms. The third-order valence-electron chi connectivity index (χ3n) is 3.59. The number of esters is 2. The van der Waals surface area contributed by atoms with Crippen LogP contribution in [-0.2, 0) is 42.7 Å². The van der Waals surface area contributed by atoms with E-state index in [0.717, 1.165) is 25.7 Å². The van der Waals surface area contributed by atoms with Crippen LogP contribution < -0.4 is 0 Å². The smallest absolute Gasteiger partial charge is 0.463 e. The van der Waals surface area contributed by atoms with Crippen molar-refractivity contribution in [1.29, 1.82) is 0 Å². The Morgan fingerprint density at radius 3 is 1.32 bits per heavy atom. The standard InChI is InChI=1S/C20H34O11/c1-5-7-9-26-17(21)15(3)30-19(23)28-13-11-25-12-14-29-20(24)31-16(4)18(22)27-10-8-6-2/h15-16H,5-14H2,1-4H3. The average molecular weight is 450 g/mol. The van der Waals surface area contributed by atoms with Crippen molar-refractivity contribution in [2.45, 2.75) is 65.6 Å². The first-order valence-corrected chi connectivity index (χ1v) is 10.4. The van der Waals surface area contributed by atoms with Crippen molar-refractivity contribution in [3.05, 3.63) is 0 Å². The summed E-state index contributed by atoms with van der Waals surface area (Å²) in [5, 5.41) is 0. The molecule has 0 rings (SSSR count). The highest BCUT2D eigenvalue weighted by atomic mass is 16.7. The molecule has 0 radical (unpaired) electrons. The molecule has 0 heterocycles. The first kappa shape index (κ1) is 28.4. The molecule has 2 atom stereocenters. The molecule has 11 nitrogen and oxygen atoms in total. The van der Waals surface area contributed by atoms with E-state index in [1.54, 1.807) is 0 Å². The molecular weight excluding hydrogens is 416 g/mol. The van der Waals surface area contributed by atoms with Gasteiger partial charge in [-0.3, -0.25) is 0 Å². The SMILES string of the molecule is CCCCOC(=O)C(C)OC(=O)OCCOCCOC(=O)OC(C)C(=O)OCCCC. The van der Waals surface area contributed by atoms with Crippen LogP contribution in [0.5, 0.6) is 0 Å². The highest BCUT2D eigenvalue weighted by molar-refractivity contribution is 5.77. The Kier molecular flexibility index (Phi) is 16.7. The molecule has 0 N–H and O–H groups in total. The lowest BCUT2D eigenvalue weighted by Crippen LogP contribution is -2.28. The normalized spacial score (nSPS) is 12.3. The number of hydrogen-bond donors (Lipinski definition) is 0. The summed E-state index contributed by atoms with van der Waals surface area (Å²) in [6.45, 7) is 7.00. The molecule has 31 heavy (non-hydrogen) atoms. The molecule has 0 aliphatic carbocycles. The zero-order valence-corrected chi connectivity index (χ0v) is 18.7. The summed E-state index contributed by atoms with van der Waals surface area (Å²) in [5.74, 6) is -1.29. The van der Waals surface area contributed by atoms with Gasteiger partial charge < -0.3 is 33.2 Å². The predicted molar refractivity (Wildman–Crippen MR) is 106 cm³/mol. The molecule has 0 aromatic rings. The zero-order valence-electron chi connectivity index (χ0n) is 18.7. The maximum absolute atomic E-state index is 11.6. The summed E-state index contributed by atoms with van der Waals surface area (Å²) in [6, 6.07) is 0. The van der Waals surface area contributed by atoms with Crippen molar-refractivity contribution >= 4 is 24.2 Å². The summed E-state index contributed by atoms with van der Waals surface area (Å²) in [4.78, 5) is 46.1. The molecule has 0 aliphatic heterocycles. The van der Waals surface area contributed by atoms with Gasteiger partial charge in [-0.15, -0.1) is 0 Å². The van der Waals surface area contributed by atoms with E-state index in [0.29, 0.717) is 0 Å². The third kappa shape index (κ3) is 15.9. The Labute approximate surface area is 182 Å². The maximum atomic E-state index is 11.6. The molecule has 11 heteroatoms. The average Bonchev–Trinajstić information content (AvgIpc) is 2.73. The van der Waals surface area contributed by atoms with Crippen molar-refractivity contribution in [3.8, 4) is 0 Å². The molecule has 0 fully saturated rings. The quantitative estimate of drug-likeness (QED) is 0.195. The highest BCUT2D eigenvalue weighted by Gasteiger charge is 2.21. The van der Waals surface area contributed by atoms with Gasteiger partial charge in [-0.2, -0.15) is 0 Å². The van der Waals surface area contributed by atoms with E-state index in [-0.39, 0.29) is 39.6 Å². The van der Waals surface area contributed by atoms with Gasteiger partial charge in [-0.05, 0) is 26.7 Å². The topological polar surface area (TPSA) is 133 Å². The molecule has 0 spiro atoms. The van der Waals surface area contributed by atoms with Crippen molar-refractivity contribution < 1.29 is 52.3 Å². The van der Waals surface area contributed by atoms with Gasteiger partial charge in [0.2, 0.25) is 0 Å². The second-order valence-corrected chi connectivity index (χ2v) is 6.37. The second kappa shape index (κ2) is 18.2. The zero-order chi connectivity index (χ0) is 23.5. The molecule has 0 aromatic heterocycles. The number of ether oxygens (including phenoxy) is 7. The van der Waals surface area contributed by atoms with Gasteiger partial charge in [-0.25, -0.2) is 19.2 Å². The number of carbonyl (C=O) groups excluding carboxylic acids is 4. The summed E-state index contributed by atoms with van der Waals surface area (Å²) in [7, 11) is 0. The van der Waals surface area contributed by atoms with Crippen LogP contribution in [0.4, 0.5) is 9.59 Å². The molecule has 0 aromatic carbocycles. The van der Waals surface area contributed by atoms with E-state index < -0.39 is 36.5 Å². The Morgan fingerprint density at radius 2 is 0.968 bits per heavy atom. The van der Waals surface area contributed by atoms with Crippen LogP contribution >= 0.6 is 0 Å². The van der Waals surface area contributed by atoms with Crippen LogP contribution in [0.15, 0.2) is 0 Å². The highest BCUT2D eigenvalue weighted by Crippen LogP contribution is 2.01. The van der Waals surface area contributed by atoms with Crippen LogP contribution in [0.3, 0.4) is 0 Å². The minimum absolute atomic E-state index is 0.0169. The molecule has 0 saturated heterocycles. The van der Waals surface area contributed by atoms with Gasteiger partial charge >= 0.3 is 24.2 Å². The molecule has 180 valence electrons. The first-order valence-electron chi connectivity index (χ1n) is 10.4. The minimum atomic E-state index is -1.07. The number of carbonyl (C=O) groups is 4. The van der Waals surface area contributed by atoms with E-state index in [1.165, 1.54) is 13.8 Å². The summed E-state index contributed by atoms with van der Waals surface area (Å²) < 4.78 is 34.0. The molecule has 0 amide bonds. The van der Waals surface area contributed by atoms with E-state index in [9.17, 15) is 19.2 Å². The molecular formula is C20H34O11. The van der Waals surface area contributed by atoms with Crippen molar-refractivity contribution in [2.75, 3.05) is 39.6 Å². The van der Waals surface area contributed by atoms with E-state index in [2.05, 4.69) is 0 Å². The van der Waals surface area contributed by atoms with Crippen molar-refractivity contribution in [3.63, 3.8) is 0 Å². The van der Waals surface area contributed by atoms with Crippen LogP contribution in [0, 0.1) is 0 Å². The van der Waals surface area contributed by atoms with Gasteiger partial charge in [0, 0.05) is 0 Å². The van der Waals surface area contributed by atoms with Gasteiger partial charge in [-0.1, -0.05) is 26.7 Å². The Morgan fingerprint density at radius 1 is 0.581 bits per heavy atom. The minimum Gasteiger partial charge on any atom is -0.463 e. The van der Waals surface area contributed by atoms with Crippen molar-refractivity contribution in [2.24, 2.45) is 0 Å². The predicted octanol–water partition coefficient (Wildman–Crippen LogP) is 2.77. The fraction of sp³-hybridized carbons (Fsp3) is 0.800. The largest absolute Gasteiger partial charge is 0.509 e. The lowest BCUT2D eigenvalue weighted by molar-refractivity contribution is -0.154. The number of unbranched alkanes of at least 4 members (excludes halogenated alkanes) is 2. The van der Waals surface area contributed by atoms with Gasteiger partial charge in [0.25, 0.3) is 0 Å². The van der Waals surface area contributed by atoms with Crippen molar-refractivity contribution in [1.82, 2.24) is 0 Å². The van der Waals surface area contributed by atoms with E-state index in [4.69, 9.17) is 33.2 Å². The van der Waals surface area contributed by atoms with Gasteiger partial charge in [0.15, 0.2) is 12.2 Å². The molecule has 2 unspecified atom stereocenters.